The van der Waals surface area contributed by atoms with E-state index in [1.165, 1.54) is 0 Å². The van der Waals surface area contributed by atoms with Gasteiger partial charge in [-0.15, -0.1) is 0 Å². The van der Waals surface area contributed by atoms with Crippen LogP contribution in [0.5, 0.6) is 17.2 Å². The zero-order chi connectivity index (χ0) is 37.8. The van der Waals surface area contributed by atoms with E-state index in [9.17, 15) is 34.2 Å². The quantitative estimate of drug-likeness (QED) is 0.159. The Morgan fingerprint density at radius 3 is 1.96 bits per heavy atom. The number of ether oxygens (including phenoxy) is 2. The molecule has 0 spiro atoms. The molecule has 0 radical (unpaired) electrons. The molecule has 4 atom stereocenters. The Morgan fingerprint density at radius 2 is 1.42 bits per heavy atom. The number of ketones is 5. The molecule has 1 saturated carbocycles. The second-order valence-corrected chi connectivity index (χ2v) is 18.0. The van der Waals surface area contributed by atoms with E-state index in [2.05, 4.69) is 0 Å². The number of aromatic hydroxyl groups is 1. The summed E-state index contributed by atoms with van der Waals surface area (Å²) in [5, 5.41) is 25.1. The summed E-state index contributed by atoms with van der Waals surface area (Å²) in [5.41, 5.74) is -4.92. The van der Waals surface area contributed by atoms with Crippen molar-refractivity contribution < 1.29 is 43.7 Å². The van der Waals surface area contributed by atoms with Gasteiger partial charge in [0, 0.05) is 35.0 Å². The average Bonchev–Trinajstić information content (AvgIpc) is 3.00. The third-order valence-corrected chi connectivity index (χ3v) is 12.1. The van der Waals surface area contributed by atoms with Crippen LogP contribution in [0.15, 0.2) is 11.3 Å². The molecule has 1 aromatic rings. The van der Waals surface area contributed by atoms with Gasteiger partial charge in [0.05, 0.1) is 27.6 Å². The Hall–Kier alpha value is -3.33. The lowest BCUT2D eigenvalue weighted by Gasteiger charge is -2.58. The van der Waals surface area contributed by atoms with Gasteiger partial charge in [-0.3, -0.25) is 24.0 Å². The lowest BCUT2D eigenvalue weighted by atomic mass is 9.51. The van der Waals surface area contributed by atoms with Crippen molar-refractivity contribution >= 4 is 28.9 Å². The number of hydrogen-bond donors (Lipinski definition) is 2. The van der Waals surface area contributed by atoms with Crippen LogP contribution in [-0.4, -0.2) is 44.9 Å². The first-order chi connectivity index (χ1) is 22.8. The van der Waals surface area contributed by atoms with Crippen molar-refractivity contribution in [1.29, 1.82) is 0 Å². The molecule has 9 nitrogen and oxygen atoms in total. The van der Waals surface area contributed by atoms with Crippen LogP contribution in [-0.2, 0) is 19.2 Å². The SMILES string of the molecule is CCCCCC(=O)c1c(O)c2c(c3c1O[C@@]1(O)[C@@H](C(=O)C(C)(C)C(=O)C1(C)C)[C@@H]3C(C)C)OC1=C(C(=O)C(C)(C)C(=O)C1(C)C)[C@@H]2CC(C)C. The molecule has 0 unspecified atom stereocenters. The summed E-state index contributed by atoms with van der Waals surface area (Å²) in [6.07, 6.45) is 2.65. The number of allylic oxidation sites excluding steroid dienone is 2. The molecule has 274 valence electrons. The minimum Gasteiger partial charge on any atom is -0.507 e. The van der Waals surface area contributed by atoms with E-state index >= 15 is 0 Å². The number of unbranched alkanes of at least 4 members (excludes halogenated alkanes) is 2. The lowest BCUT2D eigenvalue weighted by Crippen LogP contribution is -2.72. The van der Waals surface area contributed by atoms with Gasteiger partial charge >= 0.3 is 0 Å². The molecule has 1 aromatic carbocycles. The average molecular weight is 693 g/mol. The van der Waals surface area contributed by atoms with Crippen molar-refractivity contribution in [3.63, 3.8) is 0 Å². The fourth-order valence-corrected chi connectivity index (χ4v) is 9.36. The van der Waals surface area contributed by atoms with Crippen molar-refractivity contribution in [2.75, 3.05) is 0 Å². The number of Topliss-reactive ketones (excluding diaryl/α,β-unsaturated/α-hetero) is 5. The number of fused-ring (bicyclic) bond motifs is 4. The zero-order valence-corrected chi connectivity index (χ0v) is 32.2. The van der Waals surface area contributed by atoms with Crippen molar-refractivity contribution in [2.45, 2.75) is 140 Å². The topological polar surface area (TPSA) is 144 Å². The first-order valence-corrected chi connectivity index (χ1v) is 18.3. The molecule has 0 aromatic heterocycles. The summed E-state index contributed by atoms with van der Waals surface area (Å²) in [6, 6.07) is 0. The molecule has 2 heterocycles. The smallest absolute Gasteiger partial charge is 0.230 e. The van der Waals surface area contributed by atoms with E-state index in [-0.39, 0.29) is 52.4 Å². The molecule has 5 rings (SSSR count). The van der Waals surface area contributed by atoms with Crippen molar-refractivity contribution in [1.82, 2.24) is 0 Å². The first kappa shape index (κ1) is 37.9. The predicted molar refractivity (Wildman–Crippen MR) is 188 cm³/mol. The second kappa shape index (κ2) is 11.9. The number of aliphatic hydroxyl groups is 1. The molecule has 0 saturated heterocycles. The van der Waals surface area contributed by atoms with Crippen LogP contribution in [0.2, 0.25) is 0 Å². The molecule has 0 amide bonds. The van der Waals surface area contributed by atoms with Crippen LogP contribution < -0.4 is 9.47 Å². The second-order valence-electron chi connectivity index (χ2n) is 18.0. The van der Waals surface area contributed by atoms with Gasteiger partial charge in [0.25, 0.3) is 0 Å². The summed E-state index contributed by atoms with van der Waals surface area (Å²) in [7, 11) is 0. The maximum atomic E-state index is 14.5. The Labute approximate surface area is 296 Å². The number of rotatable bonds is 8. The van der Waals surface area contributed by atoms with Crippen LogP contribution in [0.4, 0.5) is 0 Å². The van der Waals surface area contributed by atoms with E-state index < -0.39 is 74.1 Å². The standard InChI is InChI=1S/C41H56O9/c1-14-15-16-17-22(42)26-29(43)24-21(18-19(2)3)25-32(44)37(6,7)35(46)39(10,11)34(25)49-30(24)27-23(20(4)5)28-33(45)38(8,9)36(47)40(12,13)41(28,48)50-31(26)27/h19-21,23,28,43,48H,14-18H2,1-13H3/t21-,23-,28-,41+/m1/s1. The number of carbonyl (C=O) groups is 5. The Morgan fingerprint density at radius 1 is 0.820 bits per heavy atom. The van der Waals surface area contributed by atoms with Crippen LogP contribution in [0.3, 0.4) is 0 Å². The zero-order valence-electron chi connectivity index (χ0n) is 32.2. The van der Waals surface area contributed by atoms with Crippen LogP contribution in [0.25, 0.3) is 0 Å². The molecule has 0 bridgehead atoms. The number of carbonyl (C=O) groups excluding carboxylic acids is 5. The van der Waals surface area contributed by atoms with Gasteiger partial charge in [-0.1, -0.05) is 47.5 Å². The highest BCUT2D eigenvalue weighted by Gasteiger charge is 2.72. The highest BCUT2D eigenvalue weighted by molar-refractivity contribution is 6.20. The maximum absolute atomic E-state index is 14.5. The Balaban J connectivity index is 1.96. The van der Waals surface area contributed by atoms with Gasteiger partial charge in [0.2, 0.25) is 5.79 Å². The van der Waals surface area contributed by atoms with Gasteiger partial charge in [-0.05, 0) is 80.1 Å². The molecule has 4 aliphatic rings. The molecule has 1 fully saturated rings. The Kier molecular flexibility index (Phi) is 8.99. The maximum Gasteiger partial charge on any atom is 0.230 e. The van der Waals surface area contributed by atoms with Crippen LogP contribution in [0.1, 0.15) is 155 Å². The highest BCUT2D eigenvalue weighted by atomic mass is 16.6. The molecule has 50 heavy (non-hydrogen) atoms. The van der Waals surface area contributed by atoms with Crippen molar-refractivity contribution in [3.05, 3.63) is 28.0 Å². The van der Waals surface area contributed by atoms with E-state index in [1.54, 1.807) is 55.4 Å². The molecular weight excluding hydrogens is 636 g/mol. The lowest BCUT2D eigenvalue weighted by molar-refractivity contribution is -0.264. The van der Waals surface area contributed by atoms with Gasteiger partial charge in [-0.2, -0.15) is 0 Å². The molecular formula is C41H56O9. The normalized spacial score (nSPS) is 28.8. The summed E-state index contributed by atoms with van der Waals surface area (Å²) in [6.45, 7) is 22.7. The number of phenols is 1. The van der Waals surface area contributed by atoms with Crippen LogP contribution in [0, 0.1) is 39.4 Å². The predicted octanol–water partition coefficient (Wildman–Crippen LogP) is 7.78. The minimum absolute atomic E-state index is 0.0188. The summed E-state index contributed by atoms with van der Waals surface area (Å²) in [5.74, 6) is -7.85. The van der Waals surface area contributed by atoms with Gasteiger partial charge < -0.3 is 19.7 Å². The third-order valence-electron chi connectivity index (χ3n) is 12.1. The third kappa shape index (κ3) is 4.91. The first-order valence-electron chi connectivity index (χ1n) is 18.3. The fourth-order valence-electron chi connectivity index (χ4n) is 9.36. The summed E-state index contributed by atoms with van der Waals surface area (Å²) < 4.78 is 13.3. The molecule has 2 aliphatic heterocycles. The van der Waals surface area contributed by atoms with E-state index in [1.807, 2.05) is 34.6 Å². The summed E-state index contributed by atoms with van der Waals surface area (Å²) >= 11 is 0. The fraction of sp³-hybridized carbons (Fsp3) is 0.683. The number of hydrogen-bond acceptors (Lipinski definition) is 9. The van der Waals surface area contributed by atoms with E-state index in [4.69, 9.17) is 9.47 Å². The molecule has 9 heteroatoms. The van der Waals surface area contributed by atoms with Gasteiger partial charge in [0.15, 0.2) is 28.9 Å². The van der Waals surface area contributed by atoms with Gasteiger partial charge in [-0.25, -0.2) is 0 Å². The van der Waals surface area contributed by atoms with Gasteiger partial charge in [0.1, 0.15) is 28.6 Å². The highest BCUT2D eigenvalue weighted by Crippen LogP contribution is 2.66. The monoisotopic (exact) mass is 692 g/mol. The number of benzene rings is 1. The largest absolute Gasteiger partial charge is 0.507 e. The minimum atomic E-state index is -2.37. The van der Waals surface area contributed by atoms with E-state index in [0.29, 0.717) is 24.0 Å². The summed E-state index contributed by atoms with van der Waals surface area (Å²) in [4.78, 5) is 71.1. The Bertz CT molecular complexity index is 1730. The van der Waals surface area contributed by atoms with E-state index in [0.717, 1.165) is 12.8 Å². The molecule has 2 aliphatic carbocycles. The van der Waals surface area contributed by atoms with Crippen LogP contribution >= 0.6 is 0 Å². The van der Waals surface area contributed by atoms with Crippen molar-refractivity contribution in [2.24, 2.45) is 39.4 Å². The number of phenolic OH excluding ortho intramolecular Hbond substituents is 1. The van der Waals surface area contributed by atoms with Crippen molar-refractivity contribution in [3.8, 4) is 17.2 Å². The molecule has 2 N–H and O–H groups in total.